The maximum absolute atomic E-state index is 2.74. The molecule has 0 N–H and O–H groups in total. The Morgan fingerprint density at radius 1 is 0.364 bits per heavy atom. The molecule has 0 aromatic rings. The van der Waals surface area contributed by atoms with Crippen molar-refractivity contribution < 1.29 is 0 Å². The predicted molar refractivity (Wildman–Crippen MR) is 143 cm³/mol. The number of hydrogen-bond acceptors (Lipinski definition) is 0. The molecule has 5 fully saturated rings. The molecule has 4 atom stereocenters. The van der Waals surface area contributed by atoms with E-state index in [1.807, 2.05) is 0 Å². The van der Waals surface area contributed by atoms with Gasteiger partial charge in [0, 0.05) is 0 Å². The van der Waals surface area contributed by atoms with Gasteiger partial charge in [0.2, 0.25) is 0 Å². The Labute approximate surface area is 207 Å². The summed E-state index contributed by atoms with van der Waals surface area (Å²) >= 11 is 0. The summed E-state index contributed by atoms with van der Waals surface area (Å²) in [7, 11) is 0. The van der Waals surface area contributed by atoms with Gasteiger partial charge in [0.15, 0.2) is 0 Å². The van der Waals surface area contributed by atoms with Crippen molar-refractivity contribution in [3.8, 4) is 0 Å². The average molecular weight is 455 g/mol. The van der Waals surface area contributed by atoms with E-state index in [-0.39, 0.29) is 0 Å². The molecule has 0 aliphatic heterocycles. The van der Waals surface area contributed by atoms with Gasteiger partial charge in [0.25, 0.3) is 0 Å². The normalized spacial score (nSPS) is 43.3. The molecule has 0 bridgehead atoms. The molecule has 0 nitrogen and oxygen atoms in total. The topological polar surface area (TPSA) is 0 Å². The van der Waals surface area contributed by atoms with Crippen molar-refractivity contribution in [2.75, 3.05) is 0 Å². The van der Waals surface area contributed by atoms with E-state index in [4.69, 9.17) is 0 Å². The first-order valence-electron chi connectivity index (χ1n) is 15.8. The second-order valence-electron chi connectivity index (χ2n) is 15.2. The Balaban J connectivity index is 1.60. The molecule has 5 rings (SSSR count). The van der Waals surface area contributed by atoms with E-state index in [0.29, 0.717) is 27.1 Å². The van der Waals surface area contributed by atoms with Gasteiger partial charge in [0.1, 0.15) is 0 Å². The minimum Gasteiger partial charge on any atom is -0.0594 e. The fourth-order valence-electron chi connectivity index (χ4n) is 11.4. The van der Waals surface area contributed by atoms with Gasteiger partial charge in [-0.3, -0.25) is 0 Å². The van der Waals surface area contributed by atoms with Gasteiger partial charge in [-0.1, -0.05) is 105 Å². The van der Waals surface area contributed by atoms with E-state index in [1.54, 1.807) is 51.4 Å². The highest BCUT2D eigenvalue weighted by molar-refractivity contribution is 5.17. The van der Waals surface area contributed by atoms with Crippen molar-refractivity contribution >= 4 is 0 Å². The molecular weight excluding hydrogens is 396 g/mol. The van der Waals surface area contributed by atoms with Crippen LogP contribution in [0.5, 0.6) is 0 Å². The zero-order chi connectivity index (χ0) is 23.2. The van der Waals surface area contributed by atoms with Crippen LogP contribution in [-0.4, -0.2) is 0 Å². The SMILES string of the molecule is CC1(C)CCCCCC12CCCCCC2C1(C2CCCCCC23CCCCCC3(C)C)CC1. The third-order valence-electron chi connectivity index (χ3n) is 13.3. The smallest absolute Gasteiger partial charge is 0.0213 e. The fraction of sp³-hybridized carbons (Fsp3) is 1.00. The van der Waals surface area contributed by atoms with Crippen LogP contribution in [0.1, 0.15) is 169 Å². The van der Waals surface area contributed by atoms with E-state index in [1.165, 1.54) is 89.9 Å². The number of hydrogen-bond donors (Lipinski definition) is 0. The van der Waals surface area contributed by atoms with Crippen molar-refractivity contribution in [3.05, 3.63) is 0 Å². The molecular formula is C33H58. The van der Waals surface area contributed by atoms with Crippen molar-refractivity contribution in [3.63, 3.8) is 0 Å². The maximum Gasteiger partial charge on any atom is -0.0213 e. The van der Waals surface area contributed by atoms with Crippen LogP contribution in [0.2, 0.25) is 0 Å². The minimum absolute atomic E-state index is 0.547. The average Bonchev–Trinajstić information content (AvgIpc) is 3.59. The highest BCUT2D eigenvalue weighted by Gasteiger charge is 2.68. The minimum atomic E-state index is 0.547. The summed E-state index contributed by atoms with van der Waals surface area (Å²) in [5, 5.41) is 0. The van der Waals surface area contributed by atoms with Crippen molar-refractivity contribution in [1.29, 1.82) is 0 Å². The summed E-state index contributed by atoms with van der Waals surface area (Å²) in [5.74, 6) is 2.05. The Kier molecular flexibility index (Phi) is 6.84. The first-order chi connectivity index (χ1) is 15.8. The fourth-order valence-corrected chi connectivity index (χ4v) is 11.4. The molecule has 0 heteroatoms. The number of rotatable bonds is 2. The van der Waals surface area contributed by atoms with Crippen LogP contribution in [0.15, 0.2) is 0 Å². The van der Waals surface area contributed by atoms with E-state index < -0.39 is 0 Å². The van der Waals surface area contributed by atoms with Crippen LogP contribution in [-0.2, 0) is 0 Å². The van der Waals surface area contributed by atoms with Gasteiger partial charge in [0.05, 0.1) is 0 Å². The zero-order valence-corrected chi connectivity index (χ0v) is 23.2. The molecule has 0 radical (unpaired) electrons. The van der Waals surface area contributed by atoms with Gasteiger partial charge >= 0.3 is 0 Å². The standard InChI is InChI=1S/C33H58/c1-29(2)19-11-7-15-23-32(29)21-13-5-9-17-27(32)31(25-26-31)28-18-10-6-14-22-33(28)24-16-8-12-20-30(33,3)4/h27-28H,5-26H2,1-4H3. The molecule has 0 heterocycles. The van der Waals surface area contributed by atoms with Gasteiger partial charge in [-0.25, -0.2) is 0 Å². The highest BCUT2D eigenvalue weighted by atomic mass is 14.7. The lowest BCUT2D eigenvalue weighted by Gasteiger charge is -2.60. The second kappa shape index (κ2) is 9.14. The Bertz CT molecular complexity index is 600. The summed E-state index contributed by atoms with van der Waals surface area (Å²) in [6.45, 7) is 11.0. The highest BCUT2D eigenvalue weighted by Crippen LogP contribution is 2.76. The first kappa shape index (κ1) is 24.7. The van der Waals surface area contributed by atoms with Crippen LogP contribution in [0, 0.1) is 38.9 Å². The molecule has 5 aliphatic rings. The lowest BCUT2D eigenvalue weighted by Crippen LogP contribution is -2.53. The molecule has 4 unspecified atom stereocenters. The Morgan fingerprint density at radius 3 is 1.06 bits per heavy atom. The van der Waals surface area contributed by atoms with E-state index >= 15 is 0 Å². The third-order valence-corrected chi connectivity index (χ3v) is 13.3. The molecule has 0 saturated heterocycles. The van der Waals surface area contributed by atoms with Gasteiger partial charge < -0.3 is 0 Å². The monoisotopic (exact) mass is 454 g/mol. The Hall–Kier alpha value is 0. The molecule has 0 aromatic heterocycles. The summed E-state index contributed by atoms with van der Waals surface area (Å²) in [5.41, 5.74) is 3.07. The first-order valence-corrected chi connectivity index (χ1v) is 15.8. The van der Waals surface area contributed by atoms with Crippen molar-refractivity contribution in [2.45, 2.75) is 169 Å². The van der Waals surface area contributed by atoms with Crippen LogP contribution >= 0.6 is 0 Å². The summed E-state index contributed by atoms with van der Waals surface area (Å²) in [6.07, 6.45) is 33.8. The third kappa shape index (κ3) is 3.99. The predicted octanol–water partition coefficient (Wildman–Crippen LogP) is 10.9. The van der Waals surface area contributed by atoms with Gasteiger partial charge in [-0.2, -0.15) is 0 Å². The van der Waals surface area contributed by atoms with Gasteiger partial charge in [-0.05, 0) is 103 Å². The van der Waals surface area contributed by atoms with E-state index in [0.717, 1.165) is 11.8 Å². The van der Waals surface area contributed by atoms with Crippen LogP contribution in [0.25, 0.3) is 0 Å². The van der Waals surface area contributed by atoms with Crippen LogP contribution in [0.3, 0.4) is 0 Å². The zero-order valence-electron chi connectivity index (χ0n) is 23.2. The summed E-state index contributed by atoms with van der Waals surface area (Å²) in [6, 6.07) is 0. The molecule has 5 saturated carbocycles. The van der Waals surface area contributed by atoms with Gasteiger partial charge in [-0.15, -0.1) is 0 Å². The second-order valence-corrected chi connectivity index (χ2v) is 15.2. The molecule has 0 amide bonds. The summed E-state index contributed by atoms with van der Waals surface area (Å²) < 4.78 is 0. The summed E-state index contributed by atoms with van der Waals surface area (Å²) in [4.78, 5) is 0. The Morgan fingerprint density at radius 2 is 0.697 bits per heavy atom. The molecule has 5 aliphatic carbocycles. The van der Waals surface area contributed by atoms with Crippen molar-refractivity contribution in [1.82, 2.24) is 0 Å². The van der Waals surface area contributed by atoms with E-state index in [9.17, 15) is 0 Å². The van der Waals surface area contributed by atoms with Crippen molar-refractivity contribution in [2.24, 2.45) is 38.9 Å². The largest absolute Gasteiger partial charge is 0.0594 e. The molecule has 33 heavy (non-hydrogen) atoms. The molecule has 190 valence electrons. The molecule has 2 spiro atoms. The lowest BCUT2D eigenvalue weighted by molar-refractivity contribution is -0.115. The lowest BCUT2D eigenvalue weighted by atomic mass is 9.44. The quantitative estimate of drug-likeness (QED) is 0.389. The van der Waals surface area contributed by atoms with E-state index in [2.05, 4.69) is 27.7 Å². The molecule has 0 aromatic carbocycles. The van der Waals surface area contributed by atoms with Crippen LogP contribution in [0.4, 0.5) is 0 Å². The van der Waals surface area contributed by atoms with Crippen LogP contribution < -0.4 is 0 Å². The maximum atomic E-state index is 2.74.